The van der Waals surface area contributed by atoms with E-state index < -0.39 is 0 Å². The van der Waals surface area contributed by atoms with Crippen LogP contribution in [-0.2, 0) is 13.0 Å². The summed E-state index contributed by atoms with van der Waals surface area (Å²) in [6, 6.07) is 0. The highest BCUT2D eigenvalue weighted by atomic mass is 15.3. The van der Waals surface area contributed by atoms with Crippen LogP contribution in [0.5, 0.6) is 0 Å². The summed E-state index contributed by atoms with van der Waals surface area (Å²) in [5.74, 6) is 3.50. The lowest BCUT2D eigenvalue weighted by Crippen LogP contribution is -2.28. The Morgan fingerprint density at radius 1 is 1.38 bits per heavy atom. The fourth-order valence-electron chi connectivity index (χ4n) is 2.56. The Balaban J connectivity index is 2.25. The summed E-state index contributed by atoms with van der Waals surface area (Å²) in [4.78, 5) is 0. The van der Waals surface area contributed by atoms with E-state index in [2.05, 4.69) is 28.6 Å². The van der Waals surface area contributed by atoms with E-state index in [9.17, 15) is 0 Å². The lowest BCUT2D eigenvalue weighted by atomic mass is 9.97. The zero-order valence-electron chi connectivity index (χ0n) is 10.3. The highest BCUT2D eigenvalue weighted by Gasteiger charge is 2.24. The SMILES string of the molecule is CCC(CC)c1nnc2n1CC(CN)CC2. The van der Waals surface area contributed by atoms with Crippen LogP contribution in [0.1, 0.15) is 50.7 Å². The van der Waals surface area contributed by atoms with Crippen molar-refractivity contribution < 1.29 is 0 Å². The third-order valence-electron chi connectivity index (χ3n) is 3.76. The predicted octanol–water partition coefficient (Wildman–Crippen LogP) is 1.70. The van der Waals surface area contributed by atoms with E-state index in [1.807, 2.05) is 0 Å². The van der Waals surface area contributed by atoms with Crippen LogP contribution in [0.15, 0.2) is 0 Å². The molecule has 0 amide bonds. The molecule has 4 heteroatoms. The minimum absolute atomic E-state index is 0.553. The number of hydrogen-bond donors (Lipinski definition) is 1. The molecule has 2 N–H and O–H groups in total. The van der Waals surface area contributed by atoms with Crippen LogP contribution in [0, 0.1) is 5.92 Å². The molecule has 90 valence electrons. The predicted molar refractivity (Wildman–Crippen MR) is 64.2 cm³/mol. The lowest BCUT2D eigenvalue weighted by Gasteiger charge is -2.24. The van der Waals surface area contributed by atoms with E-state index in [4.69, 9.17) is 5.73 Å². The van der Waals surface area contributed by atoms with Gasteiger partial charge >= 0.3 is 0 Å². The Morgan fingerprint density at radius 2 is 2.12 bits per heavy atom. The van der Waals surface area contributed by atoms with Crippen LogP contribution in [0.3, 0.4) is 0 Å². The summed E-state index contributed by atoms with van der Waals surface area (Å²) in [7, 11) is 0. The molecule has 1 aromatic heterocycles. The second kappa shape index (κ2) is 4.95. The molecule has 0 spiro atoms. The molecule has 0 radical (unpaired) electrons. The molecule has 16 heavy (non-hydrogen) atoms. The number of nitrogens with two attached hydrogens (primary N) is 1. The van der Waals surface area contributed by atoms with Gasteiger partial charge in [-0.2, -0.15) is 0 Å². The monoisotopic (exact) mass is 222 g/mol. The first-order chi connectivity index (χ1) is 7.80. The molecular formula is C12H22N4. The van der Waals surface area contributed by atoms with Gasteiger partial charge in [0.25, 0.3) is 0 Å². The second-order valence-electron chi connectivity index (χ2n) is 4.74. The molecule has 0 aliphatic carbocycles. The van der Waals surface area contributed by atoms with E-state index in [-0.39, 0.29) is 0 Å². The molecule has 0 saturated heterocycles. The maximum atomic E-state index is 5.77. The molecule has 0 fully saturated rings. The minimum atomic E-state index is 0.553. The summed E-state index contributed by atoms with van der Waals surface area (Å²) in [5, 5.41) is 8.70. The Kier molecular flexibility index (Phi) is 3.59. The van der Waals surface area contributed by atoms with Crippen molar-refractivity contribution in [3.8, 4) is 0 Å². The van der Waals surface area contributed by atoms with Crippen LogP contribution < -0.4 is 5.73 Å². The largest absolute Gasteiger partial charge is 0.330 e. The quantitative estimate of drug-likeness (QED) is 0.843. The molecule has 0 bridgehead atoms. The van der Waals surface area contributed by atoms with Gasteiger partial charge < -0.3 is 10.3 Å². The van der Waals surface area contributed by atoms with Gasteiger partial charge in [-0.15, -0.1) is 10.2 Å². The number of hydrogen-bond acceptors (Lipinski definition) is 3. The molecule has 1 unspecified atom stereocenters. The first kappa shape index (κ1) is 11.6. The van der Waals surface area contributed by atoms with Crippen molar-refractivity contribution in [3.63, 3.8) is 0 Å². The molecule has 2 heterocycles. The molecule has 0 aromatic carbocycles. The van der Waals surface area contributed by atoms with Crippen LogP contribution in [0.2, 0.25) is 0 Å². The number of fused-ring (bicyclic) bond motifs is 1. The molecule has 1 aliphatic rings. The first-order valence-corrected chi connectivity index (χ1v) is 6.42. The van der Waals surface area contributed by atoms with Crippen LogP contribution in [0.4, 0.5) is 0 Å². The van der Waals surface area contributed by atoms with Gasteiger partial charge in [-0.25, -0.2) is 0 Å². The third kappa shape index (κ3) is 1.98. The molecule has 0 saturated carbocycles. The highest BCUT2D eigenvalue weighted by molar-refractivity contribution is 5.04. The van der Waals surface area contributed by atoms with Crippen LogP contribution in [0.25, 0.3) is 0 Å². The van der Waals surface area contributed by atoms with Crippen LogP contribution >= 0.6 is 0 Å². The molecular weight excluding hydrogens is 200 g/mol. The van der Waals surface area contributed by atoms with Crippen molar-refractivity contribution in [1.29, 1.82) is 0 Å². The van der Waals surface area contributed by atoms with Gasteiger partial charge in [0.15, 0.2) is 0 Å². The van der Waals surface area contributed by atoms with E-state index >= 15 is 0 Å². The minimum Gasteiger partial charge on any atom is -0.330 e. The Labute approximate surface area is 97.2 Å². The Hall–Kier alpha value is -0.900. The molecule has 1 aliphatic heterocycles. The van der Waals surface area contributed by atoms with E-state index in [1.54, 1.807) is 0 Å². The zero-order valence-corrected chi connectivity index (χ0v) is 10.3. The average molecular weight is 222 g/mol. The summed E-state index contributed by atoms with van der Waals surface area (Å²) in [5.41, 5.74) is 5.77. The Morgan fingerprint density at radius 3 is 2.75 bits per heavy atom. The molecule has 1 atom stereocenters. The van der Waals surface area contributed by atoms with Gasteiger partial charge in [0.2, 0.25) is 0 Å². The van der Waals surface area contributed by atoms with Gasteiger partial charge in [0, 0.05) is 18.9 Å². The third-order valence-corrected chi connectivity index (χ3v) is 3.76. The summed E-state index contributed by atoms with van der Waals surface area (Å²) in [6.45, 7) is 6.24. The van der Waals surface area contributed by atoms with Gasteiger partial charge in [-0.3, -0.25) is 0 Å². The Bertz CT molecular complexity index is 341. The van der Waals surface area contributed by atoms with Crippen molar-refractivity contribution in [3.05, 3.63) is 11.6 Å². The fraction of sp³-hybridized carbons (Fsp3) is 0.833. The molecule has 4 nitrogen and oxygen atoms in total. The van der Waals surface area contributed by atoms with Crippen molar-refractivity contribution in [2.45, 2.75) is 52.0 Å². The van der Waals surface area contributed by atoms with E-state index in [0.717, 1.165) is 44.6 Å². The number of nitrogens with zero attached hydrogens (tertiary/aromatic N) is 3. The van der Waals surface area contributed by atoms with Gasteiger partial charge in [-0.05, 0) is 31.7 Å². The number of aromatic nitrogens is 3. The molecule has 1 aromatic rings. The zero-order chi connectivity index (χ0) is 11.5. The standard InChI is InChI=1S/C12H22N4/c1-3-10(4-2)12-15-14-11-6-5-9(7-13)8-16(11)12/h9-10H,3-8,13H2,1-2H3. The normalized spacial score (nSPS) is 20.1. The summed E-state index contributed by atoms with van der Waals surface area (Å²) >= 11 is 0. The summed E-state index contributed by atoms with van der Waals surface area (Å²) < 4.78 is 2.32. The van der Waals surface area contributed by atoms with Crippen molar-refractivity contribution in [2.24, 2.45) is 11.7 Å². The smallest absolute Gasteiger partial charge is 0.136 e. The summed E-state index contributed by atoms with van der Waals surface area (Å²) in [6.07, 6.45) is 4.48. The maximum absolute atomic E-state index is 5.77. The molecule has 2 rings (SSSR count). The highest BCUT2D eigenvalue weighted by Crippen LogP contribution is 2.26. The second-order valence-corrected chi connectivity index (χ2v) is 4.74. The maximum Gasteiger partial charge on any atom is 0.136 e. The van der Waals surface area contributed by atoms with Crippen molar-refractivity contribution in [2.75, 3.05) is 6.54 Å². The van der Waals surface area contributed by atoms with Gasteiger partial charge in [0.05, 0.1) is 0 Å². The number of aryl methyl sites for hydroxylation is 1. The lowest BCUT2D eigenvalue weighted by molar-refractivity contribution is 0.359. The van der Waals surface area contributed by atoms with Crippen LogP contribution in [-0.4, -0.2) is 21.3 Å². The first-order valence-electron chi connectivity index (χ1n) is 6.42. The van der Waals surface area contributed by atoms with Crippen molar-refractivity contribution in [1.82, 2.24) is 14.8 Å². The van der Waals surface area contributed by atoms with Gasteiger partial charge in [0.1, 0.15) is 11.6 Å². The van der Waals surface area contributed by atoms with E-state index in [1.165, 1.54) is 5.82 Å². The number of rotatable bonds is 4. The van der Waals surface area contributed by atoms with Gasteiger partial charge in [-0.1, -0.05) is 13.8 Å². The van der Waals surface area contributed by atoms with Crippen molar-refractivity contribution >= 4 is 0 Å². The fourth-order valence-corrected chi connectivity index (χ4v) is 2.56. The van der Waals surface area contributed by atoms with E-state index in [0.29, 0.717) is 11.8 Å². The topological polar surface area (TPSA) is 56.7 Å². The average Bonchev–Trinajstić information content (AvgIpc) is 2.74.